The monoisotopic (exact) mass is 310 g/mol. The molecule has 0 amide bonds. The zero-order valence-corrected chi connectivity index (χ0v) is 12.8. The van der Waals surface area contributed by atoms with E-state index in [0.29, 0.717) is 11.5 Å². The number of rotatable bonds is 1. The van der Waals surface area contributed by atoms with Gasteiger partial charge in [-0.25, -0.2) is 9.97 Å². The Morgan fingerprint density at radius 3 is 2.87 bits per heavy atom. The average Bonchev–Trinajstić information content (AvgIpc) is 2.93. The van der Waals surface area contributed by atoms with E-state index < -0.39 is 5.95 Å². The average molecular weight is 310 g/mol. The van der Waals surface area contributed by atoms with Gasteiger partial charge in [-0.3, -0.25) is 4.90 Å². The van der Waals surface area contributed by atoms with E-state index in [9.17, 15) is 4.39 Å². The maximum Gasteiger partial charge on any atom is 0.220 e. The normalized spacial score (nSPS) is 31.2. The lowest BCUT2D eigenvalue weighted by molar-refractivity contribution is -0.0814. The van der Waals surface area contributed by atoms with E-state index in [4.69, 9.17) is 4.74 Å². The van der Waals surface area contributed by atoms with E-state index in [1.807, 2.05) is 6.07 Å². The van der Waals surface area contributed by atoms with Crippen molar-refractivity contribution < 1.29 is 9.13 Å². The number of fused-ring (bicyclic) bond motifs is 3. The van der Waals surface area contributed by atoms with Crippen molar-refractivity contribution in [2.75, 3.05) is 19.6 Å². The first kappa shape index (κ1) is 13.4. The van der Waals surface area contributed by atoms with E-state index in [2.05, 4.69) is 14.9 Å². The van der Waals surface area contributed by atoms with Crippen molar-refractivity contribution in [2.24, 2.45) is 5.92 Å². The fraction of sp³-hybridized carbons (Fsp3) is 0.444. The summed E-state index contributed by atoms with van der Waals surface area (Å²) in [5.41, 5.74) is 2.26. The Morgan fingerprint density at radius 2 is 2.13 bits per heavy atom. The maximum absolute atomic E-state index is 13.9. The summed E-state index contributed by atoms with van der Waals surface area (Å²) in [6.45, 7) is 3.36. The van der Waals surface area contributed by atoms with Gasteiger partial charge in [0.25, 0.3) is 0 Å². The van der Waals surface area contributed by atoms with Crippen LogP contribution in [0.1, 0.15) is 18.4 Å². The smallest absolute Gasteiger partial charge is 0.220 e. The van der Waals surface area contributed by atoms with Gasteiger partial charge in [-0.05, 0) is 44.1 Å². The van der Waals surface area contributed by atoms with Crippen LogP contribution in [-0.2, 0) is 6.42 Å². The van der Waals surface area contributed by atoms with Gasteiger partial charge < -0.3 is 4.74 Å². The third-order valence-corrected chi connectivity index (χ3v) is 5.61. The molecule has 23 heavy (non-hydrogen) atoms. The minimum atomic E-state index is -0.453. The van der Waals surface area contributed by atoms with Crippen LogP contribution in [-0.4, -0.2) is 40.1 Å². The molecule has 2 aromatic heterocycles. The van der Waals surface area contributed by atoms with Gasteiger partial charge in [-0.15, -0.1) is 0 Å². The van der Waals surface area contributed by atoms with Gasteiger partial charge >= 0.3 is 0 Å². The Hall–Kier alpha value is -2.01. The molecule has 0 aromatic carbocycles. The van der Waals surface area contributed by atoms with Gasteiger partial charge in [0.1, 0.15) is 5.60 Å². The summed E-state index contributed by atoms with van der Waals surface area (Å²) < 4.78 is 20.2. The van der Waals surface area contributed by atoms with Gasteiger partial charge in [0.05, 0.1) is 0 Å². The Labute approximate surface area is 134 Å². The fourth-order valence-corrected chi connectivity index (χ4v) is 4.46. The van der Waals surface area contributed by atoms with Gasteiger partial charge in [0.15, 0.2) is 0 Å². The molecule has 1 spiro atoms. The second-order valence-electron chi connectivity index (χ2n) is 6.92. The third-order valence-electron chi connectivity index (χ3n) is 5.61. The molecule has 1 atom stereocenters. The molecule has 2 aromatic rings. The van der Waals surface area contributed by atoms with E-state index in [0.717, 1.165) is 30.0 Å². The molecule has 0 saturated carbocycles. The van der Waals surface area contributed by atoms with Crippen LogP contribution < -0.4 is 4.74 Å². The summed E-state index contributed by atoms with van der Waals surface area (Å²) in [7, 11) is 0. The molecule has 4 aliphatic rings. The van der Waals surface area contributed by atoms with Crippen LogP contribution in [0, 0.1) is 11.9 Å². The molecule has 3 fully saturated rings. The quantitative estimate of drug-likeness (QED) is 0.759. The van der Waals surface area contributed by atoms with Gasteiger partial charge in [0, 0.05) is 48.0 Å². The van der Waals surface area contributed by atoms with Crippen LogP contribution in [0.3, 0.4) is 0 Å². The lowest BCUT2D eigenvalue weighted by Crippen LogP contribution is -2.61. The molecule has 2 bridgehead atoms. The van der Waals surface area contributed by atoms with Gasteiger partial charge in [-0.1, -0.05) is 0 Å². The second-order valence-corrected chi connectivity index (χ2v) is 6.92. The third kappa shape index (κ3) is 1.99. The van der Waals surface area contributed by atoms with Crippen molar-refractivity contribution in [1.82, 2.24) is 14.9 Å². The summed E-state index contributed by atoms with van der Waals surface area (Å²) in [5.74, 6) is 0.887. The molecule has 3 saturated heterocycles. The number of ether oxygens (including phenoxy) is 1. The minimum absolute atomic E-state index is 0.113. The molecule has 5 heteroatoms. The molecule has 0 N–H and O–H groups in total. The maximum atomic E-state index is 13.9. The number of piperidine rings is 3. The fourth-order valence-electron chi connectivity index (χ4n) is 4.46. The largest absolute Gasteiger partial charge is 0.469 e. The summed E-state index contributed by atoms with van der Waals surface area (Å²) >= 11 is 0. The molecule has 6 heterocycles. The highest BCUT2D eigenvalue weighted by Crippen LogP contribution is 2.46. The number of pyridine rings is 2. The van der Waals surface area contributed by atoms with E-state index in [1.165, 1.54) is 32.1 Å². The minimum Gasteiger partial charge on any atom is -0.469 e. The standard InChI is InChI=1S/C18H18FN3O/c19-16-15(2-1-5-20-16)13-8-12-9-18(23-17(12)21-10-13)11-22-6-3-14(18)4-7-22/h1-2,5,8,10,14H,3-4,6-7,9,11H2/t18-/m0/s1/i19-1. The number of nitrogens with zero attached hydrogens (tertiary/aromatic N) is 3. The van der Waals surface area contributed by atoms with E-state index >= 15 is 0 Å². The zero-order valence-electron chi connectivity index (χ0n) is 12.8. The van der Waals surface area contributed by atoms with Crippen LogP contribution in [0.5, 0.6) is 5.88 Å². The van der Waals surface area contributed by atoms with Crippen molar-refractivity contribution in [1.29, 1.82) is 0 Å². The first-order valence-corrected chi connectivity index (χ1v) is 8.25. The Kier molecular flexibility index (Phi) is 2.77. The first-order valence-electron chi connectivity index (χ1n) is 8.25. The first-order chi connectivity index (χ1) is 11.2. The van der Waals surface area contributed by atoms with Crippen molar-refractivity contribution in [3.8, 4) is 17.0 Å². The van der Waals surface area contributed by atoms with Crippen molar-refractivity contribution >= 4 is 0 Å². The van der Waals surface area contributed by atoms with Crippen molar-refractivity contribution in [3.05, 3.63) is 42.1 Å². The SMILES string of the molecule is [18F]c1ncccc1-c1cnc2c(c1)C[C@@]1(CN3CCC1CC3)O2. The molecular weight excluding hydrogens is 292 g/mol. The number of aromatic nitrogens is 2. The van der Waals surface area contributed by atoms with Crippen LogP contribution in [0.15, 0.2) is 30.6 Å². The predicted molar refractivity (Wildman–Crippen MR) is 83.7 cm³/mol. The number of halogens is 1. The molecule has 4 nitrogen and oxygen atoms in total. The Balaban J connectivity index is 1.51. The van der Waals surface area contributed by atoms with Crippen molar-refractivity contribution in [2.45, 2.75) is 24.9 Å². The summed E-state index contributed by atoms with van der Waals surface area (Å²) in [4.78, 5) is 10.7. The van der Waals surface area contributed by atoms with Crippen LogP contribution in [0.2, 0.25) is 0 Å². The molecule has 0 unspecified atom stereocenters. The number of hydrogen-bond donors (Lipinski definition) is 0. The summed E-state index contributed by atoms with van der Waals surface area (Å²) in [6.07, 6.45) is 6.45. The molecule has 0 aliphatic carbocycles. The van der Waals surface area contributed by atoms with Crippen LogP contribution in [0.25, 0.3) is 11.1 Å². The van der Waals surface area contributed by atoms with Crippen molar-refractivity contribution in [3.63, 3.8) is 0 Å². The zero-order chi connectivity index (χ0) is 15.4. The Bertz CT molecular complexity index is 773. The lowest BCUT2D eigenvalue weighted by Gasteiger charge is -2.50. The highest BCUT2D eigenvalue weighted by molar-refractivity contribution is 5.64. The Morgan fingerprint density at radius 1 is 1.26 bits per heavy atom. The van der Waals surface area contributed by atoms with Gasteiger partial charge in [-0.2, -0.15) is 4.39 Å². The topological polar surface area (TPSA) is 38.2 Å². The summed E-state index contributed by atoms with van der Waals surface area (Å²) in [5, 5.41) is 0. The highest BCUT2D eigenvalue weighted by Gasteiger charge is 2.52. The summed E-state index contributed by atoms with van der Waals surface area (Å²) in [6, 6.07) is 5.51. The molecule has 0 radical (unpaired) electrons. The lowest BCUT2D eigenvalue weighted by atomic mass is 9.73. The predicted octanol–water partition coefficient (Wildman–Crippen LogP) is 2.68. The molecular formula is C18H18FN3O. The molecule has 118 valence electrons. The van der Waals surface area contributed by atoms with E-state index in [1.54, 1.807) is 18.3 Å². The van der Waals surface area contributed by atoms with E-state index in [-0.39, 0.29) is 5.60 Å². The highest BCUT2D eigenvalue weighted by atomic mass is 18.2. The second kappa shape index (κ2) is 4.74. The number of hydrogen-bond acceptors (Lipinski definition) is 4. The van der Waals surface area contributed by atoms with Gasteiger partial charge in [0.2, 0.25) is 11.8 Å². The van der Waals surface area contributed by atoms with Crippen LogP contribution in [0.4, 0.5) is 4.39 Å². The van der Waals surface area contributed by atoms with Crippen LogP contribution >= 0.6 is 0 Å². The molecule has 6 rings (SSSR count). The molecule has 4 aliphatic heterocycles.